The summed E-state index contributed by atoms with van der Waals surface area (Å²) in [6.07, 6.45) is 1.04. The van der Waals surface area contributed by atoms with Crippen LogP contribution < -0.4 is 10.7 Å². The summed E-state index contributed by atoms with van der Waals surface area (Å²) in [6, 6.07) is 0. The summed E-state index contributed by atoms with van der Waals surface area (Å²) in [7, 11) is 1.69. The Kier molecular flexibility index (Phi) is 3.18. The molecule has 0 saturated heterocycles. The number of rotatable bonds is 2. The molecule has 1 aliphatic carbocycles. The predicted octanol–water partition coefficient (Wildman–Crippen LogP) is -0.0691. The standard InChI is InChI=1S/C7H11N3O2S/c1-8-7(13)10-9-5-2-4(3-5)6(11)12/h4H,2-3H2,1H3,(H,11,12)(H2,8,10,13). The zero-order chi connectivity index (χ0) is 9.84. The molecule has 0 radical (unpaired) electrons. The molecule has 0 atom stereocenters. The zero-order valence-electron chi connectivity index (χ0n) is 7.20. The van der Waals surface area contributed by atoms with Gasteiger partial charge >= 0.3 is 5.97 Å². The minimum absolute atomic E-state index is 0.260. The van der Waals surface area contributed by atoms with Gasteiger partial charge in [-0.05, 0) is 12.2 Å². The third kappa shape index (κ3) is 2.66. The number of hydrazone groups is 1. The molecule has 0 spiro atoms. The Morgan fingerprint density at radius 2 is 2.31 bits per heavy atom. The molecular formula is C7H11N3O2S. The van der Waals surface area contributed by atoms with E-state index in [1.54, 1.807) is 7.05 Å². The second-order valence-corrected chi connectivity index (χ2v) is 3.22. The topological polar surface area (TPSA) is 73.7 Å². The summed E-state index contributed by atoms with van der Waals surface area (Å²) >= 11 is 4.78. The van der Waals surface area contributed by atoms with Crippen molar-refractivity contribution in [2.45, 2.75) is 12.8 Å². The third-order valence-corrected chi connectivity index (χ3v) is 2.15. The number of nitrogens with zero attached hydrogens (tertiary/aromatic N) is 1. The van der Waals surface area contributed by atoms with Crippen molar-refractivity contribution in [3.63, 3.8) is 0 Å². The van der Waals surface area contributed by atoms with E-state index in [1.807, 2.05) is 0 Å². The number of thiocarbonyl (C=S) groups is 1. The maximum Gasteiger partial charge on any atom is 0.307 e. The smallest absolute Gasteiger partial charge is 0.307 e. The molecule has 5 nitrogen and oxygen atoms in total. The van der Waals surface area contributed by atoms with E-state index in [9.17, 15) is 4.79 Å². The van der Waals surface area contributed by atoms with Gasteiger partial charge in [0.1, 0.15) is 0 Å². The molecule has 0 heterocycles. The van der Waals surface area contributed by atoms with Crippen molar-refractivity contribution in [1.82, 2.24) is 10.7 Å². The molecule has 0 aromatic rings. The van der Waals surface area contributed by atoms with Crippen molar-refractivity contribution in [2.75, 3.05) is 7.05 Å². The van der Waals surface area contributed by atoms with Gasteiger partial charge < -0.3 is 10.4 Å². The number of carbonyl (C=O) groups is 1. The second-order valence-electron chi connectivity index (χ2n) is 2.81. The number of hydrogen-bond donors (Lipinski definition) is 3. The van der Waals surface area contributed by atoms with Crippen molar-refractivity contribution in [1.29, 1.82) is 0 Å². The second kappa shape index (κ2) is 4.18. The van der Waals surface area contributed by atoms with E-state index in [0.29, 0.717) is 18.0 Å². The summed E-state index contributed by atoms with van der Waals surface area (Å²) in [6.45, 7) is 0. The SMILES string of the molecule is CNC(=S)NN=C1CC(C(=O)O)C1. The lowest BCUT2D eigenvalue weighted by Gasteiger charge is -2.23. The number of carboxylic acid groups (broad SMARTS) is 1. The monoisotopic (exact) mass is 201 g/mol. The Balaban J connectivity index is 2.27. The van der Waals surface area contributed by atoms with Crippen molar-refractivity contribution >= 4 is 29.0 Å². The number of hydrogen-bond acceptors (Lipinski definition) is 3. The summed E-state index contributed by atoms with van der Waals surface area (Å²) in [4.78, 5) is 10.4. The highest BCUT2D eigenvalue weighted by Crippen LogP contribution is 2.23. The molecule has 0 bridgehead atoms. The predicted molar refractivity (Wildman–Crippen MR) is 52.6 cm³/mol. The molecule has 6 heteroatoms. The third-order valence-electron chi connectivity index (χ3n) is 1.86. The van der Waals surface area contributed by atoms with Gasteiger partial charge in [0.25, 0.3) is 0 Å². The van der Waals surface area contributed by atoms with Crippen LogP contribution in [0.4, 0.5) is 0 Å². The van der Waals surface area contributed by atoms with Crippen molar-refractivity contribution in [2.24, 2.45) is 11.0 Å². The highest BCUT2D eigenvalue weighted by Gasteiger charge is 2.30. The van der Waals surface area contributed by atoms with Crippen LogP contribution in [0, 0.1) is 5.92 Å². The molecule has 0 aromatic carbocycles. The molecule has 1 aliphatic rings. The Bertz CT molecular complexity index is 256. The molecule has 1 rings (SSSR count). The normalized spacial score (nSPS) is 20.1. The first-order valence-corrected chi connectivity index (χ1v) is 4.30. The van der Waals surface area contributed by atoms with E-state index in [1.165, 1.54) is 0 Å². The molecule has 3 N–H and O–H groups in total. The highest BCUT2D eigenvalue weighted by atomic mass is 32.1. The van der Waals surface area contributed by atoms with Gasteiger partial charge in [-0.2, -0.15) is 5.10 Å². The Morgan fingerprint density at radius 1 is 1.69 bits per heavy atom. The van der Waals surface area contributed by atoms with E-state index in [0.717, 1.165) is 5.71 Å². The van der Waals surface area contributed by atoms with Gasteiger partial charge in [0.2, 0.25) is 0 Å². The van der Waals surface area contributed by atoms with E-state index in [4.69, 9.17) is 17.3 Å². The van der Waals surface area contributed by atoms with Crippen molar-refractivity contribution in [3.05, 3.63) is 0 Å². The molecule has 0 aliphatic heterocycles. The Morgan fingerprint density at radius 3 is 2.77 bits per heavy atom. The first kappa shape index (κ1) is 9.91. The van der Waals surface area contributed by atoms with Gasteiger partial charge in [-0.3, -0.25) is 10.2 Å². The minimum Gasteiger partial charge on any atom is -0.481 e. The lowest BCUT2D eigenvalue weighted by atomic mass is 9.83. The van der Waals surface area contributed by atoms with E-state index in [-0.39, 0.29) is 5.92 Å². The summed E-state index contributed by atoms with van der Waals surface area (Å²) in [5.74, 6) is -1.01. The van der Waals surface area contributed by atoms with Gasteiger partial charge in [-0.25, -0.2) is 0 Å². The van der Waals surface area contributed by atoms with Crippen LogP contribution in [-0.4, -0.2) is 28.9 Å². The van der Waals surface area contributed by atoms with Gasteiger partial charge in [-0.1, -0.05) is 0 Å². The van der Waals surface area contributed by atoms with Crippen LogP contribution in [0.15, 0.2) is 5.10 Å². The van der Waals surface area contributed by atoms with Gasteiger partial charge in [-0.15, -0.1) is 0 Å². The highest BCUT2D eigenvalue weighted by molar-refractivity contribution is 7.80. The molecule has 0 amide bonds. The number of nitrogens with one attached hydrogen (secondary N) is 2. The fraction of sp³-hybridized carbons (Fsp3) is 0.571. The average Bonchev–Trinajstić information content (AvgIpc) is 2.00. The Labute approximate surface area is 81.2 Å². The largest absolute Gasteiger partial charge is 0.481 e. The molecule has 13 heavy (non-hydrogen) atoms. The van der Waals surface area contributed by atoms with Crippen LogP contribution in [0.2, 0.25) is 0 Å². The van der Waals surface area contributed by atoms with E-state index in [2.05, 4.69) is 15.8 Å². The molecular weight excluding hydrogens is 190 g/mol. The fourth-order valence-corrected chi connectivity index (χ4v) is 1.01. The minimum atomic E-state index is -0.754. The lowest BCUT2D eigenvalue weighted by Crippen LogP contribution is -2.35. The van der Waals surface area contributed by atoms with Crippen LogP contribution in [0.1, 0.15) is 12.8 Å². The summed E-state index contributed by atoms with van der Waals surface area (Å²) < 4.78 is 0. The molecule has 1 fully saturated rings. The van der Waals surface area contributed by atoms with Gasteiger partial charge in [0, 0.05) is 25.6 Å². The van der Waals surface area contributed by atoms with E-state index >= 15 is 0 Å². The summed E-state index contributed by atoms with van der Waals surface area (Å²) in [5.41, 5.74) is 3.46. The van der Waals surface area contributed by atoms with Crippen molar-refractivity contribution in [3.8, 4) is 0 Å². The zero-order valence-corrected chi connectivity index (χ0v) is 8.02. The van der Waals surface area contributed by atoms with Crippen LogP contribution in [-0.2, 0) is 4.79 Å². The van der Waals surface area contributed by atoms with Gasteiger partial charge in [0.05, 0.1) is 5.92 Å². The Hall–Kier alpha value is -1.17. The van der Waals surface area contributed by atoms with Crippen LogP contribution in [0.3, 0.4) is 0 Å². The van der Waals surface area contributed by atoms with Gasteiger partial charge in [0.15, 0.2) is 5.11 Å². The molecule has 72 valence electrons. The first-order valence-electron chi connectivity index (χ1n) is 3.89. The van der Waals surface area contributed by atoms with Crippen LogP contribution in [0.25, 0.3) is 0 Å². The number of carboxylic acids is 1. The molecule has 0 unspecified atom stereocenters. The average molecular weight is 201 g/mol. The summed E-state index contributed by atoms with van der Waals surface area (Å²) in [5, 5.41) is 15.6. The molecule has 0 aromatic heterocycles. The number of aliphatic carboxylic acids is 1. The van der Waals surface area contributed by atoms with Crippen LogP contribution in [0.5, 0.6) is 0 Å². The maximum atomic E-state index is 10.4. The van der Waals surface area contributed by atoms with Crippen LogP contribution >= 0.6 is 12.2 Å². The first-order chi connectivity index (χ1) is 6.13. The van der Waals surface area contributed by atoms with Crippen molar-refractivity contribution < 1.29 is 9.90 Å². The maximum absolute atomic E-state index is 10.4. The quantitative estimate of drug-likeness (QED) is 0.431. The lowest BCUT2D eigenvalue weighted by molar-refractivity contribution is -0.142. The fourth-order valence-electron chi connectivity index (χ4n) is 0.961. The molecule has 1 saturated carbocycles. The van der Waals surface area contributed by atoms with E-state index < -0.39 is 5.97 Å².